The van der Waals surface area contributed by atoms with Crippen molar-refractivity contribution in [2.24, 2.45) is 0 Å². The van der Waals surface area contributed by atoms with Crippen LogP contribution in [0.1, 0.15) is 65.2 Å². The first kappa shape index (κ1) is 20.6. The van der Waals surface area contributed by atoms with Crippen LogP contribution < -0.4 is 5.32 Å². The Labute approximate surface area is 151 Å². The predicted molar refractivity (Wildman–Crippen MR) is 95.4 cm³/mol. The lowest BCUT2D eigenvalue weighted by Gasteiger charge is -2.34. The molecule has 1 saturated carbocycles. The lowest BCUT2D eigenvalue weighted by atomic mass is 9.90. The van der Waals surface area contributed by atoms with Crippen LogP contribution in [0.25, 0.3) is 0 Å². The first-order valence-electron chi connectivity index (χ1n) is 9.72. The zero-order valence-electron chi connectivity index (χ0n) is 16.1. The molecule has 1 aliphatic heterocycles. The number of rotatable bonds is 9. The minimum atomic E-state index is -0.633. The van der Waals surface area contributed by atoms with Crippen molar-refractivity contribution in [1.29, 1.82) is 0 Å². The third-order valence-electron chi connectivity index (χ3n) is 5.02. The van der Waals surface area contributed by atoms with Gasteiger partial charge in [-0.2, -0.15) is 0 Å². The van der Waals surface area contributed by atoms with Crippen LogP contribution in [0.4, 0.5) is 0 Å². The van der Waals surface area contributed by atoms with Crippen LogP contribution in [0.2, 0.25) is 0 Å². The van der Waals surface area contributed by atoms with Crippen LogP contribution in [0, 0.1) is 0 Å². The van der Waals surface area contributed by atoms with Crippen molar-refractivity contribution in [3.8, 4) is 0 Å². The summed E-state index contributed by atoms with van der Waals surface area (Å²) >= 11 is 0. The molecule has 2 aliphatic rings. The van der Waals surface area contributed by atoms with E-state index in [9.17, 15) is 4.79 Å². The molecule has 146 valence electrons. The number of methoxy groups -OCH3 is 1. The summed E-state index contributed by atoms with van der Waals surface area (Å²) in [6.07, 6.45) is 8.70. The van der Waals surface area contributed by atoms with E-state index in [1.807, 2.05) is 13.8 Å². The van der Waals surface area contributed by atoms with E-state index >= 15 is 0 Å². The van der Waals surface area contributed by atoms with Crippen molar-refractivity contribution in [1.82, 2.24) is 5.32 Å². The lowest BCUT2D eigenvalue weighted by Crippen LogP contribution is -2.53. The van der Waals surface area contributed by atoms with E-state index in [0.717, 1.165) is 58.2 Å². The number of carbonyl (C=O) groups excluding carboxylic acids is 1. The minimum Gasteiger partial charge on any atom is -0.468 e. The molecule has 0 aromatic rings. The molecular weight excluding hydrogens is 322 g/mol. The van der Waals surface area contributed by atoms with E-state index in [4.69, 9.17) is 18.9 Å². The van der Waals surface area contributed by atoms with E-state index in [1.54, 1.807) is 0 Å². The Kier molecular flexibility index (Phi) is 8.62. The fourth-order valence-corrected chi connectivity index (χ4v) is 3.56. The molecule has 1 unspecified atom stereocenters. The van der Waals surface area contributed by atoms with Crippen LogP contribution in [0.3, 0.4) is 0 Å². The number of carbonyl (C=O) groups is 1. The summed E-state index contributed by atoms with van der Waals surface area (Å²) in [5.74, 6) is -0.215. The van der Waals surface area contributed by atoms with Crippen LogP contribution in [0.15, 0.2) is 0 Å². The van der Waals surface area contributed by atoms with E-state index < -0.39 is 5.54 Å². The molecule has 0 amide bonds. The van der Waals surface area contributed by atoms with Crippen molar-refractivity contribution in [2.75, 3.05) is 26.9 Å². The zero-order valence-corrected chi connectivity index (χ0v) is 16.1. The lowest BCUT2D eigenvalue weighted by molar-refractivity contribution is -0.164. The van der Waals surface area contributed by atoms with Crippen molar-refractivity contribution >= 4 is 5.97 Å². The van der Waals surface area contributed by atoms with Crippen LogP contribution in [0.5, 0.6) is 0 Å². The standard InChI is InChI=1S/C19H35NO5/c1-19(2,18(21)22-3)20-15-8-10-16(11-9-15)23-13-6-14-25-17-7-4-5-12-24-17/h15-17,20H,4-14H2,1-3H3. The smallest absolute Gasteiger partial charge is 0.325 e. The molecule has 0 spiro atoms. The molecule has 0 aromatic heterocycles. The van der Waals surface area contributed by atoms with E-state index in [2.05, 4.69) is 5.32 Å². The first-order valence-corrected chi connectivity index (χ1v) is 9.72. The fourth-order valence-electron chi connectivity index (χ4n) is 3.56. The second kappa shape index (κ2) is 10.5. The Bertz CT molecular complexity index is 387. The van der Waals surface area contributed by atoms with Crippen molar-refractivity contribution in [2.45, 2.75) is 89.2 Å². The van der Waals surface area contributed by atoms with Gasteiger partial charge in [0, 0.05) is 19.3 Å². The molecule has 25 heavy (non-hydrogen) atoms. The van der Waals surface area contributed by atoms with Crippen molar-refractivity contribution in [3.63, 3.8) is 0 Å². The van der Waals surface area contributed by atoms with Gasteiger partial charge in [0.1, 0.15) is 5.54 Å². The SMILES string of the molecule is COC(=O)C(C)(C)NC1CCC(OCCCOC2CCCCO2)CC1. The highest BCUT2D eigenvalue weighted by Gasteiger charge is 2.32. The zero-order chi connectivity index (χ0) is 18.1. The summed E-state index contributed by atoms with van der Waals surface area (Å²) < 4.78 is 22.1. The predicted octanol–water partition coefficient (Wildman–Crippen LogP) is 2.79. The van der Waals surface area contributed by atoms with Gasteiger partial charge < -0.3 is 18.9 Å². The quantitative estimate of drug-likeness (QED) is 0.506. The third kappa shape index (κ3) is 7.21. The average Bonchev–Trinajstić information content (AvgIpc) is 2.62. The molecule has 1 heterocycles. The molecule has 1 saturated heterocycles. The van der Waals surface area contributed by atoms with Gasteiger partial charge in [-0.3, -0.25) is 10.1 Å². The normalized spacial score (nSPS) is 27.9. The molecule has 1 N–H and O–H groups in total. The van der Waals surface area contributed by atoms with Crippen molar-refractivity contribution < 1.29 is 23.7 Å². The maximum absolute atomic E-state index is 11.8. The van der Waals surface area contributed by atoms with Gasteiger partial charge in [0.05, 0.1) is 19.8 Å². The third-order valence-corrected chi connectivity index (χ3v) is 5.02. The van der Waals surface area contributed by atoms with E-state index in [-0.39, 0.29) is 12.3 Å². The fraction of sp³-hybridized carbons (Fsp3) is 0.947. The Morgan fingerprint density at radius 1 is 1.08 bits per heavy atom. The molecule has 6 nitrogen and oxygen atoms in total. The van der Waals surface area contributed by atoms with E-state index in [0.29, 0.717) is 18.8 Å². The average molecular weight is 357 g/mol. The minimum absolute atomic E-state index is 0.00609. The number of hydrogen-bond donors (Lipinski definition) is 1. The van der Waals surface area contributed by atoms with E-state index in [1.165, 1.54) is 13.5 Å². The largest absolute Gasteiger partial charge is 0.468 e. The second-order valence-electron chi connectivity index (χ2n) is 7.63. The highest BCUT2D eigenvalue weighted by atomic mass is 16.7. The summed E-state index contributed by atoms with van der Waals surface area (Å²) in [5.41, 5.74) is -0.633. The van der Waals surface area contributed by atoms with Gasteiger partial charge >= 0.3 is 5.97 Å². The summed E-state index contributed by atoms with van der Waals surface area (Å²) in [5, 5.41) is 3.42. The molecule has 0 aromatic carbocycles. The van der Waals surface area contributed by atoms with Gasteiger partial charge in [-0.1, -0.05) is 0 Å². The van der Waals surface area contributed by atoms with Crippen molar-refractivity contribution in [3.05, 3.63) is 0 Å². The highest BCUT2D eigenvalue weighted by Crippen LogP contribution is 2.23. The molecule has 0 bridgehead atoms. The first-order chi connectivity index (χ1) is 12.0. The summed E-state index contributed by atoms with van der Waals surface area (Å²) in [6.45, 7) is 6.01. The Morgan fingerprint density at radius 3 is 2.44 bits per heavy atom. The monoisotopic (exact) mass is 357 g/mol. The molecule has 1 atom stereocenters. The Balaban J connectivity index is 1.52. The molecule has 2 fully saturated rings. The van der Waals surface area contributed by atoms with Gasteiger partial charge in [-0.25, -0.2) is 0 Å². The van der Waals surface area contributed by atoms with Gasteiger partial charge in [0.15, 0.2) is 6.29 Å². The summed E-state index contributed by atoms with van der Waals surface area (Å²) in [4.78, 5) is 11.8. The van der Waals surface area contributed by atoms with Gasteiger partial charge in [-0.15, -0.1) is 0 Å². The van der Waals surface area contributed by atoms with Gasteiger partial charge in [0.25, 0.3) is 0 Å². The topological polar surface area (TPSA) is 66.0 Å². The number of nitrogens with one attached hydrogen (secondary N) is 1. The van der Waals surface area contributed by atoms with Crippen LogP contribution >= 0.6 is 0 Å². The molecule has 6 heteroatoms. The maximum atomic E-state index is 11.8. The Hall–Kier alpha value is -0.690. The Morgan fingerprint density at radius 2 is 1.80 bits per heavy atom. The summed E-state index contributed by atoms with van der Waals surface area (Å²) in [6, 6.07) is 0.348. The highest BCUT2D eigenvalue weighted by molar-refractivity contribution is 5.79. The molecule has 0 radical (unpaired) electrons. The summed E-state index contributed by atoms with van der Waals surface area (Å²) in [7, 11) is 1.43. The van der Waals surface area contributed by atoms with Gasteiger partial charge in [-0.05, 0) is 65.2 Å². The second-order valence-corrected chi connectivity index (χ2v) is 7.63. The van der Waals surface area contributed by atoms with Crippen LogP contribution in [-0.2, 0) is 23.7 Å². The number of esters is 1. The molecular formula is C19H35NO5. The maximum Gasteiger partial charge on any atom is 0.325 e. The molecule has 2 rings (SSSR count). The number of hydrogen-bond acceptors (Lipinski definition) is 6. The molecule has 1 aliphatic carbocycles. The van der Waals surface area contributed by atoms with Gasteiger partial charge in [0.2, 0.25) is 0 Å². The van der Waals surface area contributed by atoms with Crippen LogP contribution in [-0.4, -0.2) is 56.9 Å². The number of ether oxygens (including phenoxy) is 4.